The van der Waals surface area contributed by atoms with Gasteiger partial charge in [0.15, 0.2) is 11.5 Å². The van der Waals surface area contributed by atoms with Gasteiger partial charge in [-0.25, -0.2) is 0 Å². The number of amides is 2. The normalized spacial score (nSPS) is 19.3. The van der Waals surface area contributed by atoms with Crippen molar-refractivity contribution in [2.24, 2.45) is 0 Å². The highest BCUT2D eigenvalue weighted by molar-refractivity contribution is 6.14. The minimum absolute atomic E-state index is 0.124. The van der Waals surface area contributed by atoms with E-state index in [1.165, 1.54) is 0 Å². The highest BCUT2D eigenvalue weighted by Gasteiger charge is 2.43. The Morgan fingerprint density at radius 2 is 1.87 bits per heavy atom. The van der Waals surface area contributed by atoms with Gasteiger partial charge in [-0.1, -0.05) is 31.2 Å². The summed E-state index contributed by atoms with van der Waals surface area (Å²) >= 11 is 0. The molecule has 7 nitrogen and oxygen atoms in total. The average Bonchev–Trinajstić information content (AvgIpc) is 2.73. The summed E-state index contributed by atoms with van der Waals surface area (Å²) in [6, 6.07) is 15.0. The number of benzene rings is 2. The zero-order valence-corrected chi connectivity index (χ0v) is 17.6. The molecule has 1 N–H and O–H groups in total. The zero-order valence-electron chi connectivity index (χ0n) is 17.6. The summed E-state index contributed by atoms with van der Waals surface area (Å²) in [6.45, 7) is 7.38. The molecule has 2 aromatic carbocycles. The van der Waals surface area contributed by atoms with E-state index in [1.807, 2.05) is 60.4 Å². The van der Waals surface area contributed by atoms with Crippen molar-refractivity contribution in [3.8, 4) is 11.5 Å². The number of nitrogens with zero attached hydrogens (tertiary/aromatic N) is 2. The fraction of sp³-hybridized carbons (Fsp3) is 0.391. The van der Waals surface area contributed by atoms with Crippen LogP contribution in [0.2, 0.25) is 0 Å². The predicted octanol–water partition coefficient (Wildman–Crippen LogP) is 2.91. The Kier molecular flexibility index (Phi) is 5.39. The molecule has 4 rings (SSSR count). The summed E-state index contributed by atoms with van der Waals surface area (Å²) in [5.74, 6) is 1.14. The summed E-state index contributed by atoms with van der Waals surface area (Å²) in [6.07, 6.45) is -0.169. The first-order valence-corrected chi connectivity index (χ1v) is 10.2. The van der Waals surface area contributed by atoms with Gasteiger partial charge in [-0.3, -0.25) is 19.4 Å². The molecule has 1 unspecified atom stereocenters. The lowest BCUT2D eigenvalue weighted by molar-refractivity contribution is -0.127. The van der Waals surface area contributed by atoms with Crippen molar-refractivity contribution in [2.45, 2.75) is 32.4 Å². The fourth-order valence-electron chi connectivity index (χ4n) is 3.91. The molecule has 2 heterocycles. The summed E-state index contributed by atoms with van der Waals surface area (Å²) in [4.78, 5) is 29.6. The summed E-state index contributed by atoms with van der Waals surface area (Å²) in [5, 5.41) is 2.89. The summed E-state index contributed by atoms with van der Waals surface area (Å²) < 4.78 is 11.8. The van der Waals surface area contributed by atoms with Crippen LogP contribution >= 0.6 is 0 Å². The number of fused-ring (bicyclic) bond motifs is 2. The molecule has 0 fully saturated rings. The summed E-state index contributed by atoms with van der Waals surface area (Å²) in [5.41, 5.74) is 0.391. The van der Waals surface area contributed by atoms with Gasteiger partial charge in [-0.05, 0) is 44.7 Å². The third-order valence-electron chi connectivity index (χ3n) is 5.59. The van der Waals surface area contributed by atoms with Gasteiger partial charge >= 0.3 is 0 Å². The molecule has 7 heteroatoms. The van der Waals surface area contributed by atoms with Gasteiger partial charge in [0.25, 0.3) is 0 Å². The van der Waals surface area contributed by atoms with E-state index in [4.69, 9.17) is 9.47 Å². The molecule has 30 heavy (non-hydrogen) atoms. The van der Waals surface area contributed by atoms with Crippen LogP contribution in [0.25, 0.3) is 0 Å². The van der Waals surface area contributed by atoms with Crippen LogP contribution in [0.4, 0.5) is 11.4 Å². The van der Waals surface area contributed by atoms with Crippen molar-refractivity contribution in [3.05, 3.63) is 48.5 Å². The Bertz CT molecular complexity index is 959. The molecule has 0 aliphatic carbocycles. The van der Waals surface area contributed by atoms with Gasteiger partial charge in [0, 0.05) is 6.54 Å². The van der Waals surface area contributed by atoms with E-state index < -0.39 is 5.54 Å². The highest BCUT2D eigenvalue weighted by atomic mass is 16.6. The zero-order chi connectivity index (χ0) is 21.3. The Balaban J connectivity index is 1.49. The molecule has 158 valence electrons. The number of rotatable bonds is 5. The van der Waals surface area contributed by atoms with Gasteiger partial charge in [0.1, 0.15) is 18.2 Å². The molecule has 0 saturated carbocycles. The molecule has 0 radical (unpaired) electrons. The van der Waals surface area contributed by atoms with E-state index in [9.17, 15) is 9.59 Å². The molecule has 2 aromatic rings. The SMILES string of the molecule is CCN(CC(=O)N1c2ccccc2NC(=O)C1(C)C)CC1COc2ccccc2O1. The molecule has 2 amide bonds. The maximum absolute atomic E-state index is 13.4. The van der Waals surface area contributed by atoms with Crippen molar-refractivity contribution in [1.29, 1.82) is 0 Å². The first-order valence-electron chi connectivity index (χ1n) is 10.2. The number of hydrogen-bond donors (Lipinski definition) is 1. The minimum Gasteiger partial charge on any atom is -0.486 e. The number of carbonyl (C=O) groups excluding carboxylic acids is 2. The number of nitrogens with one attached hydrogen (secondary N) is 1. The van der Waals surface area contributed by atoms with Crippen molar-refractivity contribution in [2.75, 3.05) is 36.5 Å². The first kappa shape index (κ1) is 20.2. The standard InChI is InChI=1S/C23H27N3O4/c1-4-25(13-16-15-29-19-11-7-8-12-20(19)30-16)14-21(27)26-18-10-6-5-9-17(18)24-22(28)23(26,2)3/h5-12,16H,4,13-15H2,1-3H3,(H,24,28). The number of likely N-dealkylation sites (N-methyl/N-ethyl adjacent to an activating group) is 1. The molecular formula is C23H27N3O4. The van der Waals surface area contributed by atoms with Gasteiger partial charge < -0.3 is 14.8 Å². The van der Waals surface area contributed by atoms with Gasteiger partial charge in [0.05, 0.1) is 17.9 Å². The van der Waals surface area contributed by atoms with Crippen LogP contribution in [-0.2, 0) is 9.59 Å². The van der Waals surface area contributed by atoms with E-state index >= 15 is 0 Å². The Labute approximate surface area is 176 Å². The molecule has 0 spiro atoms. The van der Waals surface area contributed by atoms with Crippen LogP contribution in [0.1, 0.15) is 20.8 Å². The van der Waals surface area contributed by atoms with Crippen LogP contribution in [0.15, 0.2) is 48.5 Å². The maximum atomic E-state index is 13.4. The van der Waals surface area contributed by atoms with Crippen molar-refractivity contribution in [1.82, 2.24) is 4.90 Å². The molecule has 0 aromatic heterocycles. The minimum atomic E-state index is -0.978. The van der Waals surface area contributed by atoms with Crippen LogP contribution in [0.5, 0.6) is 11.5 Å². The van der Waals surface area contributed by atoms with Crippen molar-refractivity contribution >= 4 is 23.2 Å². The Morgan fingerprint density at radius 3 is 2.63 bits per heavy atom. The number of ether oxygens (including phenoxy) is 2. The first-order chi connectivity index (χ1) is 14.4. The van der Waals surface area contributed by atoms with Crippen LogP contribution in [0.3, 0.4) is 0 Å². The third kappa shape index (κ3) is 3.73. The lowest BCUT2D eigenvalue weighted by Crippen LogP contribution is -2.60. The largest absolute Gasteiger partial charge is 0.486 e. The van der Waals surface area contributed by atoms with E-state index in [-0.39, 0.29) is 24.5 Å². The monoisotopic (exact) mass is 409 g/mol. The van der Waals surface area contributed by atoms with Crippen molar-refractivity contribution < 1.29 is 19.1 Å². The second-order valence-corrected chi connectivity index (χ2v) is 8.08. The van der Waals surface area contributed by atoms with E-state index in [1.54, 1.807) is 18.7 Å². The number of anilines is 2. The third-order valence-corrected chi connectivity index (χ3v) is 5.59. The van der Waals surface area contributed by atoms with Gasteiger partial charge in [-0.15, -0.1) is 0 Å². The lowest BCUT2D eigenvalue weighted by Gasteiger charge is -2.43. The quantitative estimate of drug-likeness (QED) is 0.822. The predicted molar refractivity (Wildman–Crippen MR) is 115 cm³/mol. The van der Waals surface area contributed by atoms with Gasteiger partial charge in [0.2, 0.25) is 11.8 Å². The number of para-hydroxylation sites is 4. The van der Waals surface area contributed by atoms with Crippen molar-refractivity contribution in [3.63, 3.8) is 0 Å². The number of hydrogen-bond acceptors (Lipinski definition) is 5. The fourth-order valence-corrected chi connectivity index (χ4v) is 3.91. The average molecular weight is 409 g/mol. The molecule has 2 aliphatic heterocycles. The molecular weight excluding hydrogens is 382 g/mol. The van der Waals surface area contributed by atoms with Crippen LogP contribution < -0.4 is 19.7 Å². The van der Waals surface area contributed by atoms with Crippen LogP contribution in [-0.4, -0.2) is 54.6 Å². The summed E-state index contributed by atoms with van der Waals surface area (Å²) in [7, 11) is 0. The topological polar surface area (TPSA) is 71.1 Å². The molecule has 0 bridgehead atoms. The smallest absolute Gasteiger partial charge is 0.250 e. The molecule has 2 aliphatic rings. The molecule has 1 atom stereocenters. The molecule has 0 saturated heterocycles. The lowest BCUT2D eigenvalue weighted by atomic mass is 9.96. The second kappa shape index (κ2) is 7.99. The highest BCUT2D eigenvalue weighted by Crippen LogP contribution is 2.37. The Hall–Kier alpha value is -3.06. The van der Waals surface area contributed by atoms with E-state index in [2.05, 4.69) is 5.32 Å². The number of carbonyl (C=O) groups is 2. The second-order valence-electron chi connectivity index (χ2n) is 8.08. The van der Waals surface area contributed by atoms with E-state index in [0.29, 0.717) is 31.1 Å². The van der Waals surface area contributed by atoms with Gasteiger partial charge in [-0.2, -0.15) is 0 Å². The Morgan fingerprint density at radius 1 is 1.17 bits per heavy atom. The maximum Gasteiger partial charge on any atom is 0.250 e. The van der Waals surface area contributed by atoms with Crippen LogP contribution in [0, 0.1) is 0 Å². The van der Waals surface area contributed by atoms with E-state index in [0.717, 1.165) is 11.5 Å².